The van der Waals surface area contributed by atoms with Gasteiger partial charge in [-0.15, -0.1) is 13.2 Å². The van der Waals surface area contributed by atoms with E-state index in [2.05, 4.69) is 4.74 Å². The number of hydrogen-bond donors (Lipinski definition) is 1. The monoisotopic (exact) mass is 350 g/mol. The molecule has 3 rings (SSSR count). The van der Waals surface area contributed by atoms with Gasteiger partial charge in [0.15, 0.2) is 0 Å². The van der Waals surface area contributed by atoms with Crippen LogP contribution in [0, 0.1) is 0 Å². The van der Waals surface area contributed by atoms with Crippen LogP contribution in [-0.4, -0.2) is 36.3 Å². The number of hydrogen-bond acceptors (Lipinski definition) is 3. The van der Waals surface area contributed by atoms with E-state index >= 15 is 0 Å². The maximum atomic E-state index is 12.4. The van der Waals surface area contributed by atoms with Gasteiger partial charge >= 0.3 is 6.36 Å². The predicted molar refractivity (Wildman–Crippen MR) is 87.1 cm³/mol. The fraction of sp³-hybridized carbons (Fsp3) is 0.278. The van der Waals surface area contributed by atoms with Gasteiger partial charge in [0.25, 0.3) is 5.91 Å². The maximum Gasteiger partial charge on any atom is 0.573 e. The first-order valence-electron chi connectivity index (χ1n) is 7.83. The van der Waals surface area contributed by atoms with Crippen LogP contribution in [0.2, 0.25) is 0 Å². The van der Waals surface area contributed by atoms with Crippen molar-refractivity contribution in [2.45, 2.75) is 18.8 Å². The first kappa shape index (κ1) is 17.3. The summed E-state index contributed by atoms with van der Waals surface area (Å²) in [5.74, 6) is -0.370. The second-order valence-electron chi connectivity index (χ2n) is 5.95. The van der Waals surface area contributed by atoms with Crippen molar-refractivity contribution < 1.29 is 22.7 Å². The molecule has 1 saturated heterocycles. The van der Waals surface area contributed by atoms with Crippen molar-refractivity contribution in [3.8, 4) is 16.9 Å². The van der Waals surface area contributed by atoms with E-state index in [1.54, 1.807) is 35.2 Å². The Labute approximate surface area is 143 Å². The van der Waals surface area contributed by atoms with E-state index < -0.39 is 6.36 Å². The molecule has 25 heavy (non-hydrogen) atoms. The normalized spacial score (nSPS) is 17.6. The van der Waals surface area contributed by atoms with Crippen molar-refractivity contribution in [1.29, 1.82) is 0 Å². The molecule has 0 aliphatic carbocycles. The highest BCUT2D eigenvalue weighted by Gasteiger charge is 2.31. The first-order valence-corrected chi connectivity index (χ1v) is 7.83. The lowest BCUT2D eigenvalue weighted by molar-refractivity contribution is -0.274. The summed E-state index contributed by atoms with van der Waals surface area (Å²) < 4.78 is 40.9. The van der Waals surface area contributed by atoms with Crippen LogP contribution >= 0.6 is 0 Å². The molecule has 1 atom stereocenters. The summed E-state index contributed by atoms with van der Waals surface area (Å²) in [7, 11) is 0. The van der Waals surface area contributed by atoms with Gasteiger partial charge < -0.3 is 15.4 Å². The van der Waals surface area contributed by atoms with Gasteiger partial charge in [-0.2, -0.15) is 0 Å². The number of likely N-dealkylation sites (tertiary alicyclic amines) is 1. The molecule has 132 valence electrons. The van der Waals surface area contributed by atoms with Crippen LogP contribution < -0.4 is 10.5 Å². The lowest BCUT2D eigenvalue weighted by atomic mass is 10.0. The Bertz CT molecular complexity index is 760. The van der Waals surface area contributed by atoms with Gasteiger partial charge in [-0.1, -0.05) is 24.3 Å². The van der Waals surface area contributed by atoms with E-state index in [0.29, 0.717) is 29.8 Å². The molecule has 2 aromatic rings. The standard InChI is InChI=1S/C18H17F3N2O2/c19-18(20,21)25-16-3-1-2-14(10-16)12-4-6-13(7-5-12)17(24)23-9-8-15(22)11-23/h1-7,10,15H,8-9,11,22H2/t15-/m1/s1. The highest BCUT2D eigenvalue weighted by molar-refractivity contribution is 5.95. The third-order valence-corrected chi connectivity index (χ3v) is 4.04. The van der Waals surface area contributed by atoms with Gasteiger partial charge in [-0.3, -0.25) is 4.79 Å². The van der Waals surface area contributed by atoms with Gasteiger partial charge in [0.05, 0.1) is 0 Å². The molecule has 1 fully saturated rings. The quantitative estimate of drug-likeness (QED) is 0.923. The number of amides is 1. The highest BCUT2D eigenvalue weighted by Crippen LogP contribution is 2.28. The lowest BCUT2D eigenvalue weighted by Gasteiger charge is -2.16. The van der Waals surface area contributed by atoms with Crippen LogP contribution in [0.3, 0.4) is 0 Å². The fourth-order valence-corrected chi connectivity index (χ4v) is 2.83. The minimum atomic E-state index is -4.73. The van der Waals surface area contributed by atoms with Crippen molar-refractivity contribution >= 4 is 5.91 Å². The van der Waals surface area contributed by atoms with Crippen LogP contribution in [0.15, 0.2) is 48.5 Å². The number of ether oxygens (including phenoxy) is 1. The molecule has 0 bridgehead atoms. The zero-order chi connectivity index (χ0) is 18.0. The molecule has 4 nitrogen and oxygen atoms in total. The van der Waals surface area contributed by atoms with E-state index in [1.807, 2.05) is 0 Å². The van der Waals surface area contributed by atoms with Gasteiger partial charge in [0.1, 0.15) is 5.75 Å². The average Bonchev–Trinajstić information content (AvgIpc) is 2.99. The third kappa shape index (κ3) is 4.30. The number of halogens is 3. The summed E-state index contributed by atoms with van der Waals surface area (Å²) in [6.07, 6.45) is -3.94. The molecule has 1 amide bonds. The number of rotatable bonds is 3. The minimum Gasteiger partial charge on any atom is -0.406 e. The van der Waals surface area contributed by atoms with Crippen LogP contribution in [0.1, 0.15) is 16.8 Å². The Morgan fingerprint density at radius 3 is 2.44 bits per heavy atom. The molecule has 1 heterocycles. The van der Waals surface area contributed by atoms with Crippen LogP contribution in [0.5, 0.6) is 5.75 Å². The molecule has 1 aliphatic heterocycles. The summed E-state index contributed by atoms with van der Waals surface area (Å²) in [6, 6.07) is 12.5. The summed E-state index contributed by atoms with van der Waals surface area (Å²) in [6.45, 7) is 1.18. The van der Waals surface area contributed by atoms with Gasteiger partial charge in [0, 0.05) is 24.7 Å². The predicted octanol–water partition coefficient (Wildman–Crippen LogP) is 3.43. The summed E-state index contributed by atoms with van der Waals surface area (Å²) >= 11 is 0. The van der Waals surface area contributed by atoms with Gasteiger partial charge in [0.2, 0.25) is 0 Å². The summed E-state index contributed by atoms with van der Waals surface area (Å²) in [5, 5.41) is 0. The second kappa shape index (κ2) is 6.76. The maximum absolute atomic E-state index is 12.4. The number of nitrogens with two attached hydrogens (primary N) is 1. The molecule has 2 aromatic carbocycles. The second-order valence-corrected chi connectivity index (χ2v) is 5.95. The molecular formula is C18H17F3N2O2. The molecular weight excluding hydrogens is 333 g/mol. The Balaban J connectivity index is 1.76. The number of nitrogens with zero attached hydrogens (tertiary/aromatic N) is 1. The van der Waals surface area contributed by atoms with Crippen molar-refractivity contribution in [2.24, 2.45) is 5.73 Å². The van der Waals surface area contributed by atoms with E-state index in [9.17, 15) is 18.0 Å². The van der Waals surface area contributed by atoms with E-state index in [-0.39, 0.29) is 17.7 Å². The van der Waals surface area contributed by atoms with Crippen molar-refractivity contribution in [3.05, 3.63) is 54.1 Å². The minimum absolute atomic E-state index is 0.0135. The van der Waals surface area contributed by atoms with Crippen molar-refractivity contribution in [3.63, 3.8) is 0 Å². The molecule has 7 heteroatoms. The van der Waals surface area contributed by atoms with Crippen molar-refractivity contribution in [2.75, 3.05) is 13.1 Å². The number of alkyl halides is 3. The molecule has 1 aliphatic rings. The highest BCUT2D eigenvalue weighted by atomic mass is 19.4. The summed E-state index contributed by atoms with van der Waals surface area (Å²) in [4.78, 5) is 14.1. The Hall–Kier alpha value is -2.54. The molecule has 0 unspecified atom stereocenters. The number of carbonyl (C=O) groups is 1. The topological polar surface area (TPSA) is 55.6 Å². The smallest absolute Gasteiger partial charge is 0.406 e. The van der Waals surface area contributed by atoms with E-state index in [1.165, 1.54) is 18.2 Å². The lowest BCUT2D eigenvalue weighted by Crippen LogP contribution is -2.31. The average molecular weight is 350 g/mol. The summed E-state index contributed by atoms with van der Waals surface area (Å²) in [5.41, 5.74) is 7.61. The largest absolute Gasteiger partial charge is 0.573 e. The zero-order valence-electron chi connectivity index (χ0n) is 13.3. The van der Waals surface area contributed by atoms with Crippen LogP contribution in [0.25, 0.3) is 11.1 Å². The molecule has 0 aromatic heterocycles. The first-order chi connectivity index (χ1) is 11.8. The van der Waals surface area contributed by atoms with Crippen molar-refractivity contribution in [1.82, 2.24) is 4.90 Å². The van der Waals surface area contributed by atoms with E-state index in [0.717, 1.165) is 6.42 Å². The molecule has 0 saturated carbocycles. The molecule has 0 radical (unpaired) electrons. The fourth-order valence-electron chi connectivity index (χ4n) is 2.83. The van der Waals surface area contributed by atoms with Crippen LogP contribution in [0.4, 0.5) is 13.2 Å². The number of benzene rings is 2. The zero-order valence-corrected chi connectivity index (χ0v) is 13.3. The van der Waals surface area contributed by atoms with Crippen LogP contribution in [-0.2, 0) is 0 Å². The van der Waals surface area contributed by atoms with Gasteiger partial charge in [-0.05, 0) is 41.8 Å². The SMILES string of the molecule is N[C@@H]1CCN(C(=O)c2ccc(-c3cccc(OC(F)(F)F)c3)cc2)C1. The Morgan fingerprint density at radius 2 is 1.84 bits per heavy atom. The molecule has 2 N–H and O–H groups in total. The Morgan fingerprint density at radius 1 is 1.12 bits per heavy atom. The van der Waals surface area contributed by atoms with Gasteiger partial charge in [-0.25, -0.2) is 0 Å². The number of carbonyl (C=O) groups excluding carboxylic acids is 1. The Kier molecular flexibility index (Phi) is 4.67. The molecule has 0 spiro atoms. The van der Waals surface area contributed by atoms with E-state index in [4.69, 9.17) is 5.73 Å². The third-order valence-electron chi connectivity index (χ3n) is 4.04.